The molecule has 3 fully saturated rings. The van der Waals surface area contributed by atoms with Gasteiger partial charge in [-0.3, -0.25) is 9.59 Å². The van der Waals surface area contributed by atoms with Gasteiger partial charge < -0.3 is 0 Å². The third-order valence-corrected chi connectivity index (χ3v) is 8.45. The molecule has 0 spiro atoms. The molecule has 0 aromatic rings. The molecule has 0 aliphatic heterocycles. The minimum absolute atomic E-state index is 0.245. The van der Waals surface area contributed by atoms with Gasteiger partial charge in [0.1, 0.15) is 5.78 Å². The van der Waals surface area contributed by atoms with Gasteiger partial charge in [-0.05, 0) is 86.5 Å². The number of rotatable bonds is 1. The van der Waals surface area contributed by atoms with Crippen LogP contribution in [0.1, 0.15) is 72.1 Å². The fourth-order valence-electron chi connectivity index (χ4n) is 7.23. The number of Topliss-reactive ketones (excluding diaryl/α,β-unsaturated/α-hetero) is 1. The van der Waals surface area contributed by atoms with Crippen LogP contribution in [0.15, 0.2) is 11.6 Å². The van der Waals surface area contributed by atoms with Gasteiger partial charge in [-0.2, -0.15) is 0 Å². The normalized spacial score (nSPS) is 49.0. The molecule has 3 saturated carbocycles. The van der Waals surface area contributed by atoms with E-state index in [-0.39, 0.29) is 10.8 Å². The lowest BCUT2D eigenvalue weighted by Crippen LogP contribution is -2.51. The van der Waals surface area contributed by atoms with Gasteiger partial charge in [0.2, 0.25) is 0 Å². The first-order valence-corrected chi connectivity index (χ1v) is 9.60. The number of hydrogen-bond acceptors (Lipinski definition) is 2. The molecule has 4 rings (SSSR count). The van der Waals surface area contributed by atoms with E-state index in [0.717, 1.165) is 43.4 Å². The average molecular weight is 314 g/mol. The minimum Gasteiger partial charge on any atom is -0.300 e. The molecule has 0 aromatic heterocycles. The molecule has 1 unspecified atom stereocenters. The summed E-state index contributed by atoms with van der Waals surface area (Å²) in [6.45, 7) is 6.65. The predicted octanol–water partition coefficient (Wildman–Crippen LogP) is 4.72. The van der Waals surface area contributed by atoms with E-state index >= 15 is 0 Å². The van der Waals surface area contributed by atoms with E-state index in [2.05, 4.69) is 13.8 Å². The van der Waals surface area contributed by atoms with Crippen molar-refractivity contribution < 1.29 is 9.59 Å². The second-order valence-electron chi connectivity index (χ2n) is 9.25. The van der Waals surface area contributed by atoms with Crippen LogP contribution in [0.4, 0.5) is 0 Å². The zero-order valence-electron chi connectivity index (χ0n) is 14.9. The molecule has 0 radical (unpaired) electrons. The largest absolute Gasteiger partial charge is 0.300 e. The molecule has 0 aromatic carbocycles. The lowest BCUT2D eigenvalue weighted by Gasteiger charge is -2.58. The van der Waals surface area contributed by atoms with Crippen LogP contribution >= 0.6 is 0 Å². The molecule has 2 nitrogen and oxygen atoms in total. The predicted molar refractivity (Wildman–Crippen MR) is 90.9 cm³/mol. The molecule has 2 heteroatoms. The molecule has 0 N–H and O–H groups in total. The van der Waals surface area contributed by atoms with Gasteiger partial charge in [0, 0.05) is 12.3 Å². The number of hydrogen-bond donors (Lipinski definition) is 0. The van der Waals surface area contributed by atoms with Crippen LogP contribution in [0.25, 0.3) is 0 Å². The summed E-state index contributed by atoms with van der Waals surface area (Å²) in [5.41, 5.74) is 1.95. The van der Waals surface area contributed by atoms with Gasteiger partial charge in [0.05, 0.1) is 0 Å². The first-order valence-electron chi connectivity index (χ1n) is 9.60. The number of allylic oxidation sites excluding steroid dienone is 1. The fourth-order valence-corrected chi connectivity index (χ4v) is 7.23. The van der Waals surface area contributed by atoms with E-state index in [9.17, 15) is 9.59 Å². The quantitative estimate of drug-likeness (QED) is 0.701. The van der Waals surface area contributed by atoms with Crippen molar-refractivity contribution in [3.8, 4) is 0 Å². The van der Waals surface area contributed by atoms with Crippen LogP contribution in [0, 0.1) is 34.5 Å². The number of carbonyl (C=O) groups excluding carboxylic acids is 2. The first kappa shape index (κ1) is 15.6. The molecule has 0 heterocycles. The Kier molecular flexibility index (Phi) is 3.42. The Balaban J connectivity index is 1.67. The van der Waals surface area contributed by atoms with Gasteiger partial charge in [0.15, 0.2) is 5.78 Å². The van der Waals surface area contributed by atoms with E-state index in [0.29, 0.717) is 17.5 Å². The van der Waals surface area contributed by atoms with Crippen LogP contribution < -0.4 is 0 Å². The highest BCUT2D eigenvalue weighted by Gasteiger charge is 2.59. The summed E-state index contributed by atoms with van der Waals surface area (Å²) in [5, 5.41) is 0. The molecule has 0 bridgehead atoms. The van der Waals surface area contributed by atoms with E-state index in [1.807, 2.05) is 6.08 Å². The van der Waals surface area contributed by atoms with Crippen molar-refractivity contribution in [2.75, 3.05) is 0 Å². The third-order valence-electron chi connectivity index (χ3n) is 8.45. The Hall–Kier alpha value is -0.920. The zero-order chi connectivity index (χ0) is 16.4. The number of ketones is 2. The van der Waals surface area contributed by atoms with Crippen molar-refractivity contribution in [3.05, 3.63) is 11.6 Å². The van der Waals surface area contributed by atoms with E-state index in [1.165, 1.54) is 31.3 Å². The van der Waals surface area contributed by atoms with E-state index in [1.54, 1.807) is 6.92 Å². The lowest BCUT2D eigenvalue weighted by molar-refractivity contribution is -0.128. The molecule has 4 aliphatic rings. The summed E-state index contributed by atoms with van der Waals surface area (Å²) in [7, 11) is 0. The molecule has 0 saturated heterocycles. The van der Waals surface area contributed by atoms with Crippen LogP contribution in [-0.4, -0.2) is 11.6 Å². The second kappa shape index (κ2) is 5.04. The van der Waals surface area contributed by atoms with Crippen LogP contribution in [-0.2, 0) is 9.59 Å². The van der Waals surface area contributed by atoms with Gasteiger partial charge in [-0.25, -0.2) is 0 Å². The molecule has 4 aliphatic carbocycles. The van der Waals surface area contributed by atoms with Crippen molar-refractivity contribution in [3.63, 3.8) is 0 Å². The zero-order valence-corrected chi connectivity index (χ0v) is 14.9. The Morgan fingerprint density at radius 1 is 1.04 bits per heavy atom. The minimum atomic E-state index is 0.245. The Morgan fingerprint density at radius 3 is 2.57 bits per heavy atom. The standard InChI is InChI=1S/C21H30O2/c1-13(22)17-6-7-18-16-5-4-14-12-15(23)8-10-20(14,2)19(16)9-11-21(17,18)3/h12,16-19H,4-11H2,1-3H3/t16-,17+,18?,19-,20-,21+/m0/s1. The maximum Gasteiger partial charge on any atom is 0.155 e. The monoisotopic (exact) mass is 314 g/mol. The SMILES string of the molecule is CC(=O)[C@H]1CCC2[C@@H]3CCC4=CC(=O)CC[C@]4(C)[C@H]3CC[C@@]21C. The van der Waals surface area contributed by atoms with Crippen molar-refractivity contribution in [1.29, 1.82) is 0 Å². The summed E-state index contributed by atoms with van der Waals surface area (Å²) in [6.07, 6.45) is 10.9. The highest BCUT2D eigenvalue weighted by molar-refractivity contribution is 5.91. The summed E-state index contributed by atoms with van der Waals surface area (Å²) in [4.78, 5) is 24.0. The highest BCUT2D eigenvalue weighted by atomic mass is 16.1. The average Bonchev–Trinajstić information content (AvgIpc) is 2.85. The highest BCUT2D eigenvalue weighted by Crippen LogP contribution is 2.66. The second-order valence-corrected chi connectivity index (χ2v) is 9.25. The Morgan fingerprint density at radius 2 is 1.83 bits per heavy atom. The number of carbonyl (C=O) groups is 2. The third kappa shape index (κ3) is 2.06. The smallest absolute Gasteiger partial charge is 0.155 e. The Bertz CT molecular complexity index is 589. The summed E-state index contributed by atoms with van der Waals surface area (Å²) in [6, 6.07) is 0. The molecule has 23 heavy (non-hydrogen) atoms. The van der Waals surface area contributed by atoms with Crippen LogP contribution in [0.3, 0.4) is 0 Å². The fraction of sp³-hybridized carbons (Fsp3) is 0.810. The molecule has 0 amide bonds. The molecule has 6 atom stereocenters. The molecular formula is C21H30O2. The van der Waals surface area contributed by atoms with Crippen molar-refractivity contribution in [2.45, 2.75) is 72.1 Å². The first-order chi connectivity index (χ1) is 10.9. The summed E-state index contributed by atoms with van der Waals surface area (Å²) < 4.78 is 0. The Labute approximate surface area is 140 Å². The van der Waals surface area contributed by atoms with E-state index in [4.69, 9.17) is 0 Å². The summed E-state index contributed by atoms with van der Waals surface area (Å²) in [5.74, 6) is 3.29. The van der Waals surface area contributed by atoms with Crippen molar-refractivity contribution in [1.82, 2.24) is 0 Å². The van der Waals surface area contributed by atoms with Crippen LogP contribution in [0.5, 0.6) is 0 Å². The van der Waals surface area contributed by atoms with Crippen LogP contribution in [0.2, 0.25) is 0 Å². The van der Waals surface area contributed by atoms with Gasteiger partial charge in [-0.1, -0.05) is 19.4 Å². The maximum absolute atomic E-state index is 12.1. The summed E-state index contributed by atoms with van der Waals surface area (Å²) >= 11 is 0. The molecule has 126 valence electrons. The van der Waals surface area contributed by atoms with Crippen molar-refractivity contribution in [2.24, 2.45) is 34.5 Å². The molecular weight excluding hydrogens is 284 g/mol. The number of fused-ring (bicyclic) bond motifs is 5. The van der Waals surface area contributed by atoms with Crippen molar-refractivity contribution >= 4 is 11.6 Å². The topological polar surface area (TPSA) is 34.1 Å². The lowest BCUT2D eigenvalue weighted by atomic mass is 9.47. The van der Waals surface area contributed by atoms with Gasteiger partial charge in [-0.15, -0.1) is 0 Å². The van der Waals surface area contributed by atoms with Gasteiger partial charge >= 0.3 is 0 Å². The maximum atomic E-state index is 12.1. The van der Waals surface area contributed by atoms with Gasteiger partial charge in [0.25, 0.3) is 0 Å². The van der Waals surface area contributed by atoms with E-state index < -0.39 is 0 Å².